The van der Waals surface area contributed by atoms with Crippen molar-refractivity contribution < 1.29 is 14.2 Å². The van der Waals surface area contributed by atoms with Gasteiger partial charge >= 0.3 is 0 Å². The Kier molecular flexibility index (Phi) is 11.8. The number of nitrogens with zero attached hydrogens (tertiary/aromatic N) is 2. The first-order chi connectivity index (χ1) is 13.3. The number of pyridine rings is 1. The average Bonchev–Trinajstić information content (AvgIpc) is 2.71. The Morgan fingerprint density at radius 3 is 2.61 bits per heavy atom. The minimum Gasteiger partial charge on any atom is -0.493 e. The predicted octanol–water partition coefficient (Wildman–Crippen LogP) is 2.89. The third-order valence-electron chi connectivity index (χ3n) is 3.76. The van der Waals surface area contributed by atoms with Crippen LogP contribution >= 0.6 is 24.0 Å². The van der Waals surface area contributed by atoms with Crippen molar-refractivity contribution >= 4 is 29.9 Å². The zero-order valence-corrected chi connectivity index (χ0v) is 18.9. The minimum absolute atomic E-state index is 0. The van der Waals surface area contributed by atoms with Gasteiger partial charge in [0.2, 0.25) is 0 Å². The number of aromatic nitrogens is 1. The van der Waals surface area contributed by atoms with E-state index in [1.165, 1.54) is 0 Å². The first-order valence-corrected chi connectivity index (χ1v) is 9.02. The van der Waals surface area contributed by atoms with Crippen molar-refractivity contribution in [2.45, 2.75) is 13.3 Å². The van der Waals surface area contributed by atoms with Crippen LogP contribution < -0.4 is 24.8 Å². The van der Waals surface area contributed by atoms with E-state index in [2.05, 4.69) is 20.6 Å². The Morgan fingerprint density at radius 2 is 1.93 bits per heavy atom. The summed E-state index contributed by atoms with van der Waals surface area (Å²) >= 11 is 0. The summed E-state index contributed by atoms with van der Waals surface area (Å²) in [6, 6.07) is 9.66. The molecule has 1 aromatic carbocycles. The lowest BCUT2D eigenvalue weighted by molar-refractivity contribution is 0.320. The van der Waals surface area contributed by atoms with Gasteiger partial charge in [-0.25, -0.2) is 0 Å². The van der Waals surface area contributed by atoms with Gasteiger partial charge in [-0.15, -0.1) is 24.0 Å². The molecule has 0 amide bonds. The van der Waals surface area contributed by atoms with Crippen molar-refractivity contribution in [2.24, 2.45) is 4.99 Å². The van der Waals surface area contributed by atoms with E-state index in [0.717, 1.165) is 41.7 Å². The molecule has 0 bridgehead atoms. The van der Waals surface area contributed by atoms with E-state index in [-0.39, 0.29) is 24.0 Å². The van der Waals surface area contributed by atoms with Gasteiger partial charge in [0.25, 0.3) is 0 Å². The molecular formula is C20H29IN4O3. The molecule has 0 aliphatic carbocycles. The monoisotopic (exact) mass is 500 g/mol. The van der Waals surface area contributed by atoms with Crippen molar-refractivity contribution in [1.82, 2.24) is 15.6 Å². The van der Waals surface area contributed by atoms with Gasteiger partial charge in [0.05, 0.1) is 27.0 Å². The highest BCUT2D eigenvalue weighted by atomic mass is 127. The second-order valence-corrected chi connectivity index (χ2v) is 5.66. The molecule has 0 fully saturated rings. The quantitative estimate of drug-likeness (QED) is 0.226. The van der Waals surface area contributed by atoms with Gasteiger partial charge in [0.1, 0.15) is 12.4 Å². The predicted molar refractivity (Wildman–Crippen MR) is 122 cm³/mol. The second kappa shape index (κ2) is 13.9. The SMILES string of the molecule is CCNC(=NCCc1ccc(OC)c(OC)c1)NCCOc1cccnc1.I. The normalized spacial score (nSPS) is 10.6. The standard InChI is InChI=1S/C20H28N4O3.HI/c1-4-22-20(24-12-13-27-17-6-5-10-21-15-17)23-11-9-16-7-8-18(25-2)19(14-16)26-3;/h5-8,10,14-15H,4,9,11-13H2,1-3H3,(H2,22,23,24);1H. The molecule has 0 aliphatic rings. The van der Waals surface area contributed by atoms with E-state index >= 15 is 0 Å². The highest BCUT2D eigenvalue weighted by Gasteiger charge is 2.04. The molecule has 8 heteroatoms. The van der Waals surface area contributed by atoms with Gasteiger partial charge < -0.3 is 24.8 Å². The van der Waals surface area contributed by atoms with Crippen LogP contribution in [0.15, 0.2) is 47.7 Å². The van der Waals surface area contributed by atoms with E-state index in [0.29, 0.717) is 19.7 Å². The number of hydrogen-bond acceptors (Lipinski definition) is 5. The van der Waals surface area contributed by atoms with Gasteiger partial charge in [-0.05, 0) is 43.2 Å². The molecule has 1 aromatic heterocycles. The summed E-state index contributed by atoms with van der Waals surface area (Å²) in [6.45, 7) is 4.68. The second-order valence-electron chi connectivity index (χ2n) is 5.66. The molecule has 0 saturated carbocycles. The van der Waals surface area contributed by atoms with Crippen LogP contribution in [0.3, 0.4) is 0 Å². The van der Waals surface area contributed by atoms with Crippen molar-refractivity contribution in [1.29, 1.82) is 0 Å². The van der Waals surface area contributed by atoms with E-state index in [9.17, 15) is 0 Å². The van der Waals surface area contributed by atoms with Gasteiger partial charge in [0.15, 0.2) is 17.5 Å². The number of rotatable bonds is 10. The Hall–Kier alpha value is -2.23. The number of benzene rings is 1. The maximum atomic E-state index is 5.62. The largest absolute Gasteiger partial charge is 0.493 e. The van der Waals surface area contributed by atoms with E-state index in [1.807, 2.05) is 37.3 Å². The highest BCUT2D eigenvalue weighted by Crippen LogP contribution is 2.27. The number of hydrogen-bond donors (Lipinski definition) is 2. The highest BCUT2D eigenvalue weighted by molar-refractivity contribution is 14.0. The number of guanidine groups is 1. The first-order valence-electron chi connectivity index (χ1n) is 9.02. The van der Waals surface area contributed by atoms with E-state index < -0.39 is 0 Å². The maximum absolute atomic E-state index is 5.62. The van der Waals surface area contributed by atoms with Crippen LogP contribution in [0.2, 0.25) is 0 Å². The molecule has 154 valence electrons. The molecule has 0 saturated heterocycles. The topological polar surface area (TPSA) is 77.0 Å². The van der Waals surface area contributed by atoms with Crippen LogP contribution in [0.5, 0.6) is 17.2 Å². The molecule has 0 radical (unpaired) electrons. The van der Waals surface area contributed by atoms with Crippen LogP contribution in [0, 0.1) is 0 Å². The molecule has 1 heterocycles. The van der Waals surface area contributed by atoms with Gasteiger partial charge in [0, 0.05) is 19.3 Å². The molecular weight excluding hydrogens is 471 g/mol. The van der Waals surface area contributed by atoms with Crippen LogP contribution in [0.1, 0.15) is 12.5 Å². The van der Waals surface area contributed by atoms with Crippen molar-refractivity contribution in [2.75, 3.05) is 40.5 Å². The summed E-state index contributed by atoms with van der Waals surface area (Å²) in [5.41, 5.74) is 1.15. The molecule has 0 unspecified atom stereocenters. The molecule has 0 spiro atoms. The molecule has 7 nitrogen and oxygen atoms in total. The fourth-order valence-electron chi connectivity index (χ4n) is 2.45. The van der Waals surface area contributed by atoms with Crippen LogP contribution in [-0.4, -0.2) is 51.4 Å². The first kappa shape index (κ1) is 23.8. The zero-order valence-electron chi connectivity index (χ0n) is 16.6. The summed E-state index contributed by atoms with van der Waals surface area (Å²) < 4.78 is 16.2. The smallest absolute Gasteiger partial charge is 0.191 e. The molecule has 2 N–H and O–H groups in total. The average molecular weight is 500 g/mol. The van der Waals surface area contributed by atoms with Gasteiger partial charge in [-0.3, -0.25) is 9.98 Å². The molecule has 0 atom stereocenters. The summed E-state index contributed by atoms with van der Waals surface area (Å²) in [7, 11) is 3.27. The van der Waals surface area contributed by atoms with E-state index in [4.69, 9.17) is 14.2 Å². The minimum atomic E-state index is 0. The zero-order chi connectivity index (χ0) is 19.3. The van der Waals surface area contributed by atoms with Crippen LogP contribution in [0.25, 0.3) is 0 Å². The number of nitrogens with one attached hydrogen (secondary N) is 2. The number of ether oxygens (including phenoxy) is 3. The number of aliphatic imine (C=N–C) groups is 1. The van der Waals surface area contributed by atoms with Crippen molar-refractivity contribution in [3.63, 3.8) is 0 Å². The summed E-state index contributed by atoms with van der Waals surface area (Å²) in [5, 5.41) is 6.50. The van der Waals surface area contributed by atoms with Gasteiger partial charge in [-0.2, -0.15) is 0 Å². The lowest BCUT2D eigenvalue weighted by Gasteiger charge is -2.12. The molecule has 0 aliphatic heterocycles. The molecule has 28 heavy (non-hydrogen) atoms. The maximum Gasteiger partial charge on any atom is 0.191 e. The van der Waals surface area contributed by atoms with Crippen LogP contribution in [-0.2, 0) is 6.42 Å². The van der Waals surface area contributed by atoms with Crippen LogP contribution in [0.4, 0.5) is 0 Å². The Labute approximate surface area is 183 Å². The lowest BCUT2D eigenvalue weighted by atomic mass is 10.1. The Balaban J connectivity index is 0.00000392. The third kappa shape index (κ3) is 8.20. The van der Waals surface area contributed by atoms with E-state index in [1.54, 1.807) is 26.6 Å². The molecule has 2 rings (SSSR count). The van der Waals surface area contributed by atoms with Crippen molar-refractivity contribution in [3.05, 3.63) is 48.3 Å². The van der Waals surface area contributed by atoms with Gasteiger partial charge in [-0.1, -0.05) is 6.07 Å². The third-order valence-corrected chi connectivity index (χ3v) is 3.76. The number of halogens is 1. The fraction of sp³-hybridized carbons (Fsp3) is 0.400. The lowest BCUT2D eigenvalue weighted by Crippen LogP contribution is -2.39. The van der Waals surface area contributed by atoms with Crippen molar-refractivity contribution in [3.8, 4) is 17.2 Å². The number of methoxy groups -OCH3 is 2. The Morgan fingerprint density at radius 1 is 1.11 bits per heavy atom. The Bertz CT molecular complexity index is 714. The summed E-state index contributed by atoms with van der Waals surface area (Å²) in [6.07, 6.45) is 4.23. The summed E-state index contributed by atoms with van der Waals surface area (Å²) in [4.78, 5) is 8.63. The fourth-order valence-corrected chi connectivity index (χ4v) is 2.45. The summed E-state index contributed by atoms with van der Waals surface area (Å²) in [5.74, 6) is 2.99. The molecule has 2 aromatic rings.